The van der Waals surface area contributed by atoms with Gasteiger partial charge in [0.2, 0.25) is 0 Å². The van der Waals surface area contributed by atoms with Gasteiger partial charge in [0.1, 0.15) is 11.5 Å². The van der Waals surface area contributed by atoms with Crippen LogP contribution in [0.5, 0.6) is 0 Å². The standard InChI is InChI=1S/C11H11NO5.C9H21N.C7H8O3.C4H4O.CH5N/c13-9-4-5-10(14)12(9)17-11(15)6-3-8-2-1-7-16-8;1-3-5-6-7-8-9-10-4-2;8-7(9)4-3-6-2-1-5-10-6;1-2-4-5-3-1;1-2/h1-2,7H,3-6H2;10H,3-9H2,1-2H3;1-2,5H,3-4H2,(H,8,9);1-4H;2H2,1H3. The van der Waals surface area contributed by atoms with Crippen molar-refractivity contribution in [3.05, 3.63) is 73.0 Å². The second-order valence-corrected chi connectivity index (χ2v) is 9.16. The molecular weight excluding hydrogens is 570 g/mol. The fourth-order valence-electron chi connectivity index (χ4n) is 3.43. The Bertz CT molecular complexity index is 1040. The van der Waals surface area contributed by atoms with Crippen molar-refractivity contribution in [1.29, 1.82) is 0 Å². The minimum Gasteiger partial charge on any atom is -0.481 e. The monoisotopic (exact) mass is 619 g/mol. The molecule has 4 rings (SSSR count). The molecule has 0 saturated carbocycles. The number of nitrogens with zero attached hydrogens (tertiary/aromatic N) is 1. The SMILES string of the molecule is CCCCCCCNCC.CN.O=C(CCc1ccco1)ON1C(=O)CCC1=O.O=C(O)CCc1ccco1.c1ccoc1. The summed E-state index contributed by atoms with van der Waals surface area (Å²) in [6.45, 7) is 6.74. The molecule has 12 heteroatoms. The van der Waals surface area contributed by atoms with Gasteiger partial charge in [0.25, 0.3) is 11.8 Å². The molecule has 2 amide bonds. The van der Waals surface area contributed by atoms with Crippen LogP contribution in [0.15, 0.2) is 74.7 Å². The van der Waals surface area contributed by atoms with Crippen molar-refractivity contribution < 1.29 is 42.4 Å². The van der Waals surface area contributed by atoms with Gasteiger partial charge in [0.05, 0.1) is 37.9 Å². The van der Waals surface area contributed by atoms with Gasteiger partial charge >= 0.3 is 11.9 Å². The molecule has 3 aromatic heterocycles. The third kappa shape index (κ3) is 21.5. The molecule has 0 unspecified atom stereocenters. The molecule has 12 nitrogen and oxygen atoms in total. The van der Waals surface area contributed by atoms with E-state index in [1.165, 1.54) is 58.2 Å². The highest BCUT2D eigenvalue weighted by atomic mass is 16.7. The highest BCUT2D eigenvalue weighted by Crippen LogP contribution is 2.13. The molecule has 0 aromatic carbocycles. The van der Waals surface area contributed by atoms with Crippen LogP contribution in [-0.2, 0) is 36.9 Å². The van der Waals surface area contributed by atoms with Crippen LogP contribution in [0, 0.1) is 0 Å². The summed E-state index contributed by atoms with van der Waals surface area (Å²) >= 11 is 0. The van der Waals surface area contributed by atoms with Crippen LogP contribution in [0.25, 0.3) is 0 Å². The van der Waals surface area contributed by atoms with E-state index in [0.29, 0.717) is 23.7 Å². The fourth-order valence-corrected chi connectivity index (χ4v) is 3.43. The number of furan rings is 3. The Morgan fingerprint density at radius 3 is 1.82 bits per heavy atom. The average molecular weight is 620 g/mol. The molecule has 0 aliphatic carbocycles. The number of carboxylic acid groups (broad SMARTS) is 1. The summed E-state index contributed by atoms with van der Waals surface area (Å²) < 4.78 is 14.5. The van der Waals surface area contributed by atoms with Gasteiger partial charge in [0, 0.05) is 25.7 Å². The van der Waals surface area contributed by atoms with E-state index in [0.717, 1.165) is 12.3 Å². The van der Waals surface area contributed by atoms with E-state index in [1.54, 1.807) is 36.8 Å². The van der Waals surface area contributed by atoms with E-state index in [-0.39, 0.29) is 25.7 Å². The van der Waals surface area contributed by atoms with Crippen molar-refractivity contribution >= 4 is 23.8 Å². The predicted octanol–water partition coefficient (Wildman–Crippen LogP) is 5.54. The largest absolute Gasteiger partial charge is 0.481 e. The number of nitrogens with two attached hydrogens (primary N) is 1. The van der Waals surface area contributed by atoms with Crippen LogP contribution in [0.2, 0.25) is 0 Å². The molecule has 0 bridgehead atoms. The first kappa shape index (κ1) is 39.8. The fraction of sp³-hybridized carbons (Fsp3) is 0.500. The summed E-state index contributed by atoms with van der Waals surface area (Å²) in [6, 6.07) is 10.6. The highest BCUT2D eigenvalue weighted by molar-refractivity contribution is 6.01. The van der Waals surface area contributed by atoms with Gasteiger partial charge in [-0.15, -0.1) is 5.06 Å². The number of carboxylic acids is 1. The van der Waals surface area contributed by atoms with E-state index >= 15 is 0 Å². The van der Waals surface area contributed by atoms with Crippen molar-refractivity contribution in [2.45, 2.75) is 84.5 Å². The lowest BCUT2D eigenvalue weighted by Gasteiger charge is -2.11. The Kier molecular flexibility index (Phi) is 25.0. The summed E-state index contributed by atoms with van der Waals surface area (Å²) in [5, 5.41) is 12.1. The molecule has 0 atom stereocenters. The topological polar surface area (TPSA) is 178 Å². The second kappa shape index (κ2) is 27.7. The molecule has 1 saturated heterocycles. The number of carbonyl (C=O) groups is 4. The van der Waals surface area contributed by atoms with Gasteiger partial charge < -0.3 is 34.2 Å². The predicted molar refractivity (Wildman–Crippen MR) is 165 cm³/mol. The normalized spacial score (nSPS) is 11.5. The van der Waals surface area contributed by atoms with Crippen LogP contribution in [0.1, 0.15) is 83.2 Å². The van der Waals surface area contributed by atoms with Gasteiger partial charge in [-0.1, -0.05) is 39.5 Å². The van der Waals surface area contributed by atoms with E-state index in [1.807, 2.05) is 12.1 Å². The van der Waals surface area contributed by atoms with Crippen molar-refractivity contribution in [2.75, 3.05) is 20.1 Å². The quantitative estimate of drug-likeness (QED) is 0.152. The molecule has 0 radical (unpaired) electrons. The van der Waals surface area contributed by atoms with Gasteiger partial charge in [-0.25, -0.2) is 4.79 Å². The van der Waals surface area contributed by atoms with E-state index in [4.69, 9.17) is 13.9 Å². The number of carbonyl (C=O) groups excluding carboxylic acids is 3. The first-order chi connectivity index (χ1) is 21.4. The van der Waals surface area contributed by atoms with Crippen LogP contribution in [0.3, 0.4) is 0 Å². The van der Waals surface area contributed by atoms with E-state index < -0.39 is 23.8 Å². The minimum absolute atomic E-state index is 0.0601. The molecule has 1 aliphatic rings. The first-order valence-corrected chi connectivity index (χ1v) is 15.0. The van der Waals surface area contributed by atoms with Crippen LogP contribution >= 0.6 is 0 Å². The number of aliphatic carboxylic acids is 1. The van der Waals surface area contributed by atoms with Crippen LogP contribution < -0.4 is 11.1 Å². The average Bonchev–Trinajstić information content (AvgIpc) is 3.87. The number of nitrogens with one attached hydrogen (secondary N) is 1. The maximum Gasteiger partial charge on any atom is 0.333 e. The number of hydrogen-bond donors (Lipinski definition) is 3. The van der Waals surface area contributed by atoms with E-state index in [9.17, 15) is 19.2 Å². The first-order valence-electron chi connectivity index (χ1n) is 15.0. The lowest BCUT2D eigenvalue weighted by atomic mass is 10.1. The summed E-state index contributed by atoms with van der Waals surface area (Å²) in [5.74, 6) is -0.979. The van der Waals surface area contributed by atoms with Crippen LogP contribution in [0.4, 0.5) is 0 Å². The Morgan fingerprint density at radius 2 is 1.39 bits per heavy atom. The smallest absolute Gasteiger partial charge is 0.333 e. The molecular formula is C32H49N3O9. The zero-order valence-corrected chi connectivity index (χ0v) is 26.2. The number of hydrogen-bond acceptors (Lipinski definition) is 10. The summed E-state index contributed by atoms with van der Waals surface area (Å²) in [5.41, 5.74) is 4.50. The van der Waals surface area contributed by atoms with Gasteiger partial charge in [-0.2, -0.15) is 0 Å². The van der Waals surface area contributed by atoms with Crippen molar-refractivity contribution in [1.82, 2.24) is 10.4 Å². The lowest BCUT2D eigenvalue weighted by molar-refractivity contribution is -0.197. The molecule has 3 aromatic rings. The summed E-state index contributed by atoms with van der Waals surface area (Å²) in [6.07, 6.45) is 14.5. The number of imide groups is 1. The third-order valence-corrected chi connectivity index (χ3v) is 5.65. The number of unbranched alkanes of at least 4 members (excludes halogenated alkanes) is 4. The molecule has 4 heterocycles. The molecule has 0 spiro atoms. The van der Waals surface area contributed by atoms with Crippen LogP contribution in [-0.4, -0.2) is 54.1 Å². The Labute approximate surface area is 259 Å². The maximum atomic E-state index is 11.4. The number of hydroxylamine groups is 2. The zero-order chi connectivity index (χ0) is 32.8. The molecule has 1 fully saturated rings. The number of rotatable bonds is 14. The molecule has 44 heavy (non-hydrogen) atoms. The lowest BCUT2D eigenvalue weighted by Crippen LogP contribution is -2.32. The van der Waals surface area contributed by atoms with Crippen molar-refractivity contribution in [3.8, 4) is 0 Å². The van der Waals surface area contributed by atoms with Gasteiger partial charge in [-0.05, 0) is 63.0 Å². The van der Waals surface area contributed by atoms with Crippen molar-refractivity contribution in [2.24, 2.45) is 5.73 Å². The third-order valence-electron chi connectivity index (χ3n) is 5.65. The Morgan fingerprint density at radius 1 is 0.841 bits per heavy atom. The van der Waals surface area contributed by atoms with E-state index in [2.05, 4.69) is 34.2 Å². The molecule has 4 N–H and O–H groups in total. The highest BCUT2D eigenvalue weighted by Gasteiger charge is 2.32. The molecule has 1 aliphatic heterocycles. The number of amides is 2. The van der Waals surface area contributed by atoms with Gasteiger partial charge in [0.15, 0.2) is 0 Å². The maximum absolute atomic E-state index is 11.4. The minimum atomic E-state index is -0.795. The summed E-state index contributed by atoms with van der Waals surface area (Å²) in [4.78, 5) is 48.4. The second-order valence-electron chi connectivity index (χ2n) is 9.16. The Balaban J connectivity index is 0.000000592. The zero-order valence-electron chi connectivity index (χ0n) is 26.2. The Hall–Kier alpha value is -4.16. The van der Waals surface area contributed by atoms with Crippen molar-refractivity contribution in [3.63, 3.8) is 0 Å². The summed E-state index contributed by atoms with van der Waals surface area (Å²) in [7, 11) is 1.50. The molecule has 246 valence electrons. The van der Waals surface area contributed by atoms with Gasteiger partial charge in [-0.3, -0.25) is 14.4 Å². The number of aryl methyl sites for hydroxylation is 2.